The average molecular weight is 348 g/mol. The molecule has 27 heavy (non-hydrogen) atoms. The van der Waals surface area contributed by atoms with E-state index in [1.807, 2.05) is 42.6 Å². The van der Waals surface area contributed by atoms with E-state index in [9.17, 15) is 5.26 Å². The lowest BCUT2D eigenvalue weighted by Gasteiger charge is -2.11. The van der Waals surface area contributed by atoms with Crippen LogP contribution in [0.25, 0.3) is 28.1 Å². The highest BCUT2D eigenvalue weighted by molar-refractivity contribution is 5.94. The van der Waals surface area contributed by atoms with E-state index in [1.165, 1.54) is 16.5 Å². The van der Waals surface area contributed by atoms with Crippen LogP contribution in [0, 0.1) is 25.2 Å². The molecule has 0 saturated carbocycles. The zero-order valence-electron chi connectivity index (χ0n) is 15.5. The summed E-state index contributed by atoms with van der Waals surface area (Å²) in [6, 6.07) is 27.2. The Morgan fingerprint density at radius 1 is 0.889 bits per heavy atom. The molecule has 0 fully saturated rings. The lowest BCUT2D eigenvalue weighted by atomic mass is 10.0. The maximum Gasteiger partial charge on any atom is 0.0998 e. The normalized spacial score (nSPS) is 11.5. The molecule has 0 spiro atoms. The predicted octanol–water partition coefficient (Wildman–Crippen LogP) is 6.31. The minimum atomic E-state index is 0.658. The summed E-state index contributed by atoms with van der Waals surface area (Å²) in [7, 11) is 0. The molecule has 2 heteroatoms. The Kier molecular flexibility index (Phi) is 4.36. The number of fused-ring (bicyclic) bond motifs is 1. The molecule has 0 amide bonds. The first-order chi connectivity index (χ1) is 13.2. The van der Waals surface area contributed by atoms with Crippen LogP contribution in [0.2, 0.25) is 0 Å². The van der Waals surface area contributed by atoms with Crippen LogP contribution in [0.15, 0.2) is 79.0 Å². The lowest BCUT2D eigenvalue weighted by Crippen LogP contribution is -1.98. The molecule has 4 aromatic rings. The highest BCUT2D eigenvalue weighted by atomic mass is 15.0. The molecule has 0 bridgehead atoms. The third kappa shape index (κ3) is 3.28. The van der Waals surface area contributed by atoms with E-state index in [0.717, 1.165) is 22.3 Å². The summed E-state index contributed by atoms with van der Waals surface area (Å²) < 4.78 is 2.13. The summed E-state index contributed by atoms with van der Waals surface area (Å²) in [5.74, 6) is 0. The van der Waals surface area contributed by atoms with Crippen molar-refractivity contribution < 1.29 is 0 Å². The predicted molar refractivity (Wildman–Crippen MR) is 113 cm³/mol. The first-order valence-electron chi connectivity index (χ1n) is 9.02. The van der Waals surface area contributed by atoms with Crippen molar-refractivity contribution in [2.45, 2.75) is 13.8 Å². The second-order valence-electron chi connectivity index (χ2n) is 6.82. The van der Waals surface area contributed by atoms with Gasteiger partial charge in [-0.05, 0) is 66.1 Å². The third-order valence-electron chi connectivity index (χ3n) is 4.87. The van der Waals surface area contributed by atoms with E-state index in [0.29, 0.717) is 5.57 Å². The molecule has 1 heterocycles. The summed E-state index contributed by atoms with van der Waals surface area (Å²) in [6.07, 6.45) is 4.00. The molecule has 0 aliphatic heterocycles. The van der Waals surface area contributed by atoms with Gasteiger partial charge >= 0.3 is 0 Å². The number of nitrogens with zero attached hydrogens (tertiary/aromatic N) is 2. The molecular weight excluding hydrogens is 328 g/mol. The third-order valence-corrected chi connectivity index (χ3v) is 4.87. The van der Waals surface area contributed by atoms with Gasteiger partial charge in [-0.3, -0.25) is 0 Å². The Hall–Kier alpha value is -3.57. The van der Waals surface area contributed by atoms with Gasteiger partial charge in [0.25, 0.3) is 0 Å². The van der Waals surface area contributed by atoms with Gasteiger partial charge in [-0.15, -0.1) is 0 Å². The largest absolute Gasteiger partial charge is 0.317 e. The number of nitriles is 1. The molecule has 2 nitrogen and oxygen atoms in total. The molecule has 0 atom stereocenters. The Bertz CT molecular complexity index is 1200. The van der Waals surface area contributed by atoms with Crippen LogP contribution in [-0.4, -0.2) is 4.57 Å². The number of hydrogen-bond acceptors (Lipinski definition) is 1. The Labute approximate surface area is 159 Å². The van der Waals surface area contributed by atoms with Gasteiger partial charge in [-0.2, -0.15) is 5.26 Å². The van der Waals surface area contributed by atoms with Crippen molar-refractivity contribution in [1.29, 1.82) is 5.26 Å². The molecule has 3 aromatic carbocycles. The maximum atomic E-state index is 9.78. The molecule has 0 saturated heterocycles. The standard InChI is InChI=1S/C25H20N2/c1-18-9-12-25(19(2)14-18)27-13-5-8-24(27)16-23(17-26)22-11-10-20-6-3-4-7-21(20)15-22/h3-16H,1-2H3. The van der Waals surface area contributed by atoms with Gasteiger partial charge in [-0.1, -0.05) is 54.1 Å². The van der Waals surface area contributed by atoms with E-state index >= 15 is 0 Å². The van der Waals surface area contributed by atoms with Crippen LogP contribution < -0.4 is 0 Å². The molecular formula is C25H20N2. The van der Waals surface area contributed by atoms with Gasteiger partial charge in [0.05, 0.1) is 11.6 Å². The Balaban J connectivity index is 1.80. The fraction of sp³-hybridized carbons (Fsp3) is 0.0800. The molecule has 0 aliphatic carbocycles. The van der Waals surface area contributed by atoms with Gasteiger partial charge in [0.2, 0.25) is 0 Å². The van der Waals surface area contributed by atoms with Gasteiger partial charge in [-0.25, -0.2) is 0 Å². The number of rotatable bonds is 3. The zero-order chi connectivity index (χ0) is 18.8. The van der Waals surface area contributed by atoms with E-state index in [2.05, 4.69) is 66.9 Å². The number of allylic oxidation sites excluding steroid dienone is 1. The number of hydrogen-bond donors (Lipinski definition) is 0. The first kappa shape index (κ1) is 16.9. The summed E-state index contributed by atoms with van der Waals surface area (Å²) >= 11 is 0. The Morgan fingerprint density at radius 3 is 2.48 bits per heavy atom. The topological polar surface area (TPSA) is 28.7 Å². The van der Waals surface area contributed by atoms with Crippen molar-refractivity contribution in [3.8, 4) is 11.8 Å². The van der Waals surface area contributed by atoms with Gasteiger partial charge in [0.15, 0.2) is 0 Å². The van der Waals surface area contributed by atoms with Gasteiger partial charge in [0, 0.05) is 17.6 Å². The second kappa shape index (κ2) is 6.97. The van der Waals surface area contributed by atoms with Crippen LogP contribution in [0.1, 0.15) is 22.4 Å². The highest BCUT2D eigenvalue weighted by Crippen LogP contribution is 2.25. The average Bonchev–Trinajstić information content (AvgIpc) is 3.13. The maximum absolute atomic E-state index is 9.78. The second-order valence-corrected chi connectivity index (χ2v) is 6.82. The van der Waals surface area contributed by atoms with Crippen LogP contribution in [0.5, 0.6) is 0 Å². The molecule has 1 aromatic heterocycles. The van der Waals surface area contributed by atoms with E-state index in [4.69, 9.17) is 0 Å². The molecule has 130 valence electrons. The molecule has 0 unspecified atom stereocenters. The van der Waals surface area contributed by atoms with Crippen LogP contribution in [-0.2, 0) is 0 Å². The zero-order valence-corrected chi connectivity index (χ0v) is 15.5. The monoisotopic (exact) mass is 348 g/mol. The summed E-state index contributed by atoms with van der Waals surface area (Å²) in [6.45, 7) is 4.21. The summed E-state index contributed by atoms with van der Waals surface area (Å²) in [5.41, 5.74) is 6.17. The van der Waals surface area contributed by atoms with Crippen molar-refractivity contribution in [2.75, 3.05) is 0 Å². The van der Waals surface area contributed by atoms with Gasteiger partial charge in [0.1, 0.15) is 0 Å². The number of aromatic nitrogens is 1. The van der Waals surface area contributed by atoms with Gasteiger partial charge < -0.3 is 4.57 Å². The minimum absolute atomic E-state index is 0.658. The van der Waals surface area contributed by atoms with Crippen LogP contribution >= 0.6 is 0 Å². The number of aryl methyl sites for hydroxylation is 2. The summed E-state index contributed by atoms with van der Waals surface area (Å²) in [5, 5.41) is 12.1. The first-order valence-corrected chi connectivity index (χ1v) is 9.02. The SMILES string of the molecule is Cc1ccc(-n2cccc2C=C(C#N)c2ccc3ccccc3c2)c(C)c1. The van der Waals surface area contributed by atoms with Crippen molar-refractivity contribution in [2.24, 2.45) is 0 Å². The summed E-state index contributed by atoms with van der Waals surface area (Å²) in [4.78, 5) is 0. The minimum Gasteiger partial charge on any atom is -0.317 e. The molecule has 0 aliphatic rings. The van der Waals surface area contributed by atoms with Crippen LogP contribution in [0.3, 0.4) is 0 Å². The smallest absolute Gasteiger partial charge is 0.0998 e. The van der Waals surface area contributed by atoms with E-state index < -0.39 is 0 Å². The molecule has 0 radical (unpaired) electrons. The van der Waals surface area contributed by atoms with Crippen molar-refractivity contribution in [3.05, 3.63) is 101 Å². The number of benzene rings is 3. The molecule has 0 N–H and O–H groups in total. The van der Waals surface area contributed by atoms with Crippen molar-refractivity contribution in [3.63, 3.8) is 0 Å². The fourth-order valence-electron chi connectivity index (χ4n) is 3.49. The highest BCUT2D eigenvalue weighted by Gasteiger charge is 2.08. The molecule has 4 rings (SSSR count). The van der Waals surface area contributed by atoms with Crippen molar-refractivity contribution in [1.82, 2.24) is 4.57 Å². The van der Waals surface area contributed by atoms with Crippen molar-refractivity contribution >= 4 is 22.4 Å². The van der Waals surface area contributed by atoms with Crippen LogP contribution in [0.4, 0.5) is 0 Å². The lowest BCUT2D eigenvalue weighted by molar-refractivity contribution is 1.04. The van der Waals surface area contributed by atoms with E-state index in [1.54, 1.807) is 0 Å². The fourth-order valence-corrected chi connectivity index (χ4v) is 3.49. The quantitative estimate of drug-likeness (QED) is 0.399. The Morgan fingerprint density at radius 2 is 1.70 bits per heavy atom. The van der Waals surface area contributed by atoms with E-state index in [-0.39, 0.29) is 0 Å².